The van der Waals surface area contributed by atoms with E-state index in [9.17, 15) is 18.0 Å². The molecule has 1 aliphatic carbocycles. The number of nitrogens with zero attached hydrogens (tertiary/aromatic N) is 2. The predicted octanol–water partition coefficient (Wildman–Crippen LogP) is 4.35. The quantitative estimate of drug-likeness (QED) is 0.445. The van der Waals surface area contributed by atoms with E-state index in [2.05, 4.69) is 5.32 Å². The van der Waals surface area contributed by atoms with Crippen molar-refractivity contribution in [3.63, 3.8) is 0 Å². The maximum Gasteiger partial charge on any atom is 0.244 e. The summed E-state index contributed by atoms with van der Waals surface area (Å²) in [6, 6.07) is 8.84. The lowest BCUT2D eigenvalue weighted by molar-refractivity contribution is -0.140. The highest BCUT2D eigenvalue weighted by Crippen LogP contribution is 2.36. The van der Waals surface area contributed by atoms with Gasteiger partial charge in [0.05, 0.1) is 11.9 Å². The van der Waals surface area contributed by atoms with E-state index in [0.717, 1.165) is 36.2 Å². The van der Waals surface area contributed by atoms with Gasteiger partial charge in [0.25, 0.3) is 0 Å². The first-order chi connectivity index (χ1) is 18.1. The average Bonchev–Trinajstić information content (AvgIpc) is 3.54. The average molecular weight is 585 g/mol. The standard InChI is InChI=1S/C26H31Cl2N3O6S/c1-3-22(26(33)29-17-7-4-5-8-17)30(14-19-20(27)9-6-10-21(19)28)25(32)15-31(38(2,34)35)18-11-12-23-24(13-18)37-16-36-23/h6,9-13,17,22H,3-5,7-8,14-16H2,1-2H3,(H,29,33). The molecule has 1 unspecified atom stereocenters. The van der Waals surface area contributed by atoms with Crippen LogP contribution in [0.5, 0.6) is 11.5 Å². The highest BCUT2D eigenvalue weighted by atomic mass is 35.5. The third-order valence-electron chi connectivity index (χ3n) is 6.80. The van der Waals surface area contributed by atoms with Crippen molar-refractivity contribution in [2.24, 2.45) is 0 Å². The summed E-state index contributed by atoms with van der Waals surface area (Å²) in [5, 5.41) is 3.75. The maximum absolute atomic E-state index is 13.9. The molecule has 2 aromatic rings. The van der Waals surface area contributed by atoms with Crippen LogP contribution in [-0.2, 0) is 26.2 Å². The molecular formula is C26H31Cl2N3O6S. The first-order valence-corrected chi connectivity index (χ1v) is 15.1. The fourth-order valence-electron chi connectivity index (χ4n) is 4.79. The van der Waals surface area contributed by atoms with Crippen LogP contribution in [0.4, 0.5) is 5.69 Å². The summed E-state index contributed by atoms with van der Waals surface area (Å²) < 4.78 is 37.3. The summed E-state index contributed by atoms with van der Waals surface area (Å²) in [5.41, 5.74) is 0.717. The molecule has 0 saturated heterocycles. The number of hydrogen-bond donors (Lipinski definition) is 1. The smallest absolute Gasteiger partial charge is 0.244 e. The third-order valence-corrected chi connectivity index (χ3v) is 8.65. The zero-order valence-corrected chi connectivity index (χ0v) is 23.6. The van der Waals surface area contributed by atoms with Crippen molar-refractivity contribution >= 4 is 50.7 Å². The Morgan fingerprint density at radius 3 is 2.37 bits per heavy atom. The minimum absolute atomic E-state index is 0.0250. The summed E-state index contributed by atoms with van der Waals surface area (Å²) in [6.45, 7) is 1.23. The molecule has 4 rings (SSSR count). The molecule has 0 spiro atoms. The Morgan fingerprint density at radius 1 is 1.08 bits per heavy atom. The Labute approximate surface area is 233 Å². The topological polar surface area (TPSA) is 105 Å². The SMILES string of the molecule is CCC(C(=O)NC1CCCC1)N(Cc1c(Cl)cccc1Cl)C(=O)CN(c1ccc2c(c1)OCO2)S(C)(=O)=O. The third kappa shape index (κ3) is 6.47. The van der Waals surface area contributed by atoms with E-state index in [1.165, 1.54) is 11.0 Å². The lowest BCUT2D eigenvalue weighted by atomic mass is 10.1. The van der Waals surface area contributed by atoms with E-state index in [1.54, 1.807) is 37.3 Å². The van der Waals surface area contributed by atoms with E-state index in [-0.39, 0.29) is 31.0 Å². The van der Waals surface area contributed by atoms with Crippen LogP contribution in [0.25, 0.3) is 0 Å². The second-order valence-corrected chi connectivity index (χ2v) is 12.2. The lowest BCUT2D eigenvalue weighted by Crippen LogP contribution is -2.53. The second-order valence-electron chi connectivity index (χ2n) is 9.44. The summed E-state index contributed by atoms with van der Waals surface area (Å²) in [4.78, 5) is 28.6. The van der Waals surface area contributed by atoms with Gasteiger partial charge < -0.3 is 19.7 Å². The van der Waals surface area contributed by atoms with E-state index < -0.39 is 28.5 Å². The minimum Gasteiger partial charge on any atom is -0.454 e. The van der Waals surface area contributed by atoms with Gasteiger partial charge in [-0.2, -0.15) is 0 Å². The number of rotatable bonds is 10. The van der Waals surface area contributed by atoms with E-state index in [4.69, 9.17) is 32.7 Å². The van der Waals surface area contributed by atoms with Gasteiger partial charge in [-0.3, -0.25) is 13.9 Å². The van der Waals surface area contributed by atoms with Gasteiger partial charge in [-0.05, 0) is 43.5 Å². The summed E-state index contributed by atoms with van der Waals surface area (Å²) in [7, 11) is -3.89. The Kier molecular flexibility index (Phi) is 8.95. The number of sulfonamides is 1. The Morgan fingerprint density at radius 2 is 1.74 bits per heavy atom. The van der Waals surface area contributed by atoms with Crippen molar-refractivity contribution in [2.75, 3.05) is 23.9 Å². The fraction of sp³-hybridized carbons (Fsp3) is 0.462. The number of carbonyl (C=O) groups is 2. The zero-order chi connectivity index (χ0) is 27.4. The van der Waals surface area contributed by atoms with Crippen LogP contribution in [0.2, 0.25) is 10.0 Å². The van der Waals surface area contributed by atoms with Crippen LogP contribution in [0.3, 0.4) is 0 Å². The molecule has 0 radical (unpaired) electrons. The van der Waals surface area contributed by atoms with Gasteiger partial charge in [-0.1, -0.05) is 49.0 Å². The number of halogens is 2. The number of benzene rings is 2. The number of ether oxygens (including phenoxy) is 2. The number of fused-ring (bicyclic) bond motifs is 1. The van der Waals surface area contributed by atoms with Crippen LogP contribution >= 0.6 is 23.2 Å². The molecule has 12 heteroatoms. The molecule has 1 saturated carbocycles. The molecule has 2 aliphatic rings. The summed E-state index contributed by atoms with van der Waals surface area (Å²) in [6.07, 6.45) is 5.19. The normalized spacial score (nSPS) is 15.8. The van der Waals surface area contributed by atoms with Crippen LogP contribution in [0, 0.1) is 0 Å². The molecule has 1 atom stereocenters. The number of amides is 2. The number of anilines is 1. The van der Waals surface area contributed by atoms with Crippen molar-refractivity contribution in [2.45, 2.75) is 57.7 Å². The maximum atomic E-state index is 13.9. The Balaban J connectivity index is 1.66. The van der Waals surface area contributed by atoms with Crippen molar-refractivity contribution < 1.29 is 27.5 Å². The first-order valence-electron chi connectivity index (χ1n) is 12.5. The molecule has 0 aromatic heterocycles. The molecule has 2 amide bonds. The lowest BCUT2D eigenvalue weighted by Gasteiger charge is -2.33. The number of nitrogens with one attached hydrogen (secondary N) is 1. The molecular weight excluding hydrogens is 553 g/mol. The molecule has 1 heterocycles. The molecule has 1 aliphatic heterocycles. The van der Waals surface area contributed by atoms with Gasteiger partial charge in [0.2, 0.25) is 28.6 Å². The molecule has 9 nitrogen and oxygen atoms in total. The number of hydrogen-bond acceptors (Lipinski definition) is 6. The van der Waals surface area contributed by atoms with Gasteiger partial charge in [0.1, 0.15) is 12.6 Å². The van der Waals surface area contributed by atoms with E-state index in [1.807, 2.05) is 0 Å². The van der Waals surface area contributed by atoms with Gasteiger partial charge in [-0.15, -0.1) is 0 Å². The highest BCUT2D eigenvalue weighted by molar-refractivity contribution is 7.92. The highest BCUT2D eigenvalue weighted by Gasteiger charge is 2.34. The molecule has 0 bridgehead atoms. The van der Waals surface area contributed by atoms with Gasteiger partial charge in [-0.25, -0.2) is 8.42 Å². The van der Waals surface area contributed by atoms with Gasteiger partial charge in [0, 0.05) is 34.3 Å². The van der Waals surface area contributed by atoms with Crippen molar-refractivity contribution in [1.82, 2.24) is 10.2 Å². The molecule has 206 valence electrons. The Bertz CT molecular complexity index is 1280. The van der Waals surface area contributed by atoms with Crippen molar-refractivity contribution in [1.29, 1.82) is 0 Å². The summed E-state index contributed by atoms with van der Waals surface area (Å²) >= 11 is 12.8. The molecule has 1 N–H and O–H groups in total. The monoisotopic (exact) mass is 583 g/mol. The van der Waals surface area contributed by atoms with Crippen LogP contribution < -0.4 is 19.1 Å². The Hall–Kier alpha value is -2.69. The van der Waals surface area contributed by atoms with Crippen molar-refractivity contribution in [3.05, 3.63) is 52.0 Å². The minimum atomic E-state index is -3.89. The largest absolute Gasteiger partial charge is 0.454 e. The second kappa shape index (κ2) is 12.0. The van der Waals surface area contributed by atoms with Gasteiger partial charge in [0.15, 0.2) is 11.5 Å². The predicted molar refractivity (Wildman–Crippen MR) is 146 cm³/mol. The molecule has 38 heavy (non-hydrogen) atoms. The van der Waals surface area contributed by atoms with Crippen LogP contribution in [-0.4, -0.2) is 56.8 Å². The summed E-state index contributed by atoms with van der Waals surface area (Å²) in [5.74, 6) is 0.00578. The van der Waals surface area contributed by atoms with E-state index >= 15 is 0 Å². The molecule has 2 aromatic carbocycles. The zero-order valence-electron chi connectivity index (χ0n) is 21.3. The van der Waals surface area contributed by atoms with Crippen LogP contribution in [0.15, 0.2) is 36.4 Å². The van der Waals surface area contributed by atoms with Gasteiger partial charge >= 0.3 is 0 Å². The number of carbonyl (C=O) groups excluding carboxylic acids is 2. The van der Waals surface area contributed by atoms with Crippen LogP contribution in [0.1, 0.15) is 44.6 Å². The fourth-order valence-corrected chi connectivity index (χ4v) is 6.15. The molecule has 1 fully saturated rings. The van der Waals surface area contributed by atoms with Crippen molar-refractivity contribution in [3.8, 4) is 11.5 Å². The first kappa shape index (κ1) is 28.3. The van der Waals surface area contributed by atoms with E-state index in [0.29, 0.717) is 33.5 Å².